The van der Waals surface area contributed by atoms with Gasteiger partial charge in [-0.25, -0.2) is 4.79 Å². The molecule has 1 aliphatic heterocycles. The fourth-order valence-corrected chi connectivity index (χ4v) is 4.28. The topological polar surface area (TPSA) is 82.8 Å². The number of carbonyl (C=O) groups is 1. The molecule has 2 heterocycles. The van der Waals surface area contributed by atoms with Crippen LogP contribution in [0.25, 0.3) is 11.0 Å². The molecule has 0 radical (unpaired) electrons. The molecule has 1 amide bonds. The van der Waals surface area contributed by atoms with Gasteiger partial charge in [-0.1, -0.05) is 41.9 Å². The summed E-state index contributed by atoms with van der Waals surface area (Å²) in [6, 6.07) is 13.3. The highest BCUT2D eigenvalue weighted by molar-refractivity contribution is 6.32. The van der Waals surface area contributed by atoms with Crippen molar-refractivity contribution in [3.05, 3.63) is 74.6 Å². The fraction of sp³-hybridized carbons (Fsp3) is 0.333. The Bertz CT molecular complexity index is 1150. The molecule has 1 saturated heterocycles. The monoisotopic (exact) mass is 440 g/mol. The predicted octanol–water partition coefficient (Wildman–Crippen LogP) is 3.78. The van der Waals surface area contributed by atoms with Gasteiger partial charge in [-0.05, 0) is 37.0 Å². The van der Waals surface area contributed by atoms with Crippen molar-refractivity contribution in [1.29, 1.82) is 0 Å². The number of hydrogen-bond donors (Lipinski definition) is 2. The van der Waals surface area contributed by atoms with E-state index in [1.807, 2.05) is 18.2 Å². The van der Waals surface area contributed by atoms with Crippen molar-refractivity contribution >= 4 is 28.5 Å². The minimum Gasteiger partial charge on any atom is -0.506 e. The van der Waals surface area contributed by atoms with Crippen LogP contribution in [0.15, 0.2) is 51.7 Å². The Morgan fingerprint density at radius 3 is 2.65 bits per heavy atom. The lowest BCUT2D eigenvalue weighted by molar-refractivity contribution is -0.121. The molecule has 3 aromatic rings. The lowest BCUT2D eigenvalue weighted by Crippen LogP contribution is -2.45. The second-order valence-corrected chi connectivity index (χ2v) is 8.48. The van der Waals surface area contributed by atoms with Crippen molar-refractivity contribution in [2.24, 2.45) is 0 Å². The number of phenolic OH excluding ortho intramolecular Hbond substituents is 1. The quantitative estimate of drug-likeness (QED) is 0.590. The summed E-state index contributed by atoms with van der Waals surface area (Å²) >= 11 is 6.00. The number of piperidine rings is 1. The number of hydrogen-bond acceptors (Lipinski definition) is 5. The Morgan fingerprint density at radius 1 is 1.23 bits per heavy atom. The molecule has 0 saturated carbocycles. The van der Waals surface area contributed by atoms with Crippen LogP contribution in [0.1, 0.15) is 29.5 Å². The van der Waals surface area contributed by atoms with E-state index in [1.54, 1.807) is 13.0 Å². The molecule has 2 N–H and O–H groups in total. The zero-order chi connectivity index (χ0) is 22.0. The maximum atomic E-state index is 12.6. The minimum absolute atomic E-state index is 0.0488. The van der Waals surface area contributed by atoms with Gasteiger partial charge in [0.05, 0.1) is 17.0 Å². The molecule has 0 atom stereocenters. The highest BCUT2D eigenvalue weighted by Gasteiger charge is 2.22. The van der Waals surface area contributed by atoms with E-state index in [4.69, 9.17) is 16.0 Å². The van der Waals surface area contributed by atoms with Gasteiger partial charge in [0.2, 0.25) is 5.91 Å². The SMILES string of the molecule is Cc1c(CC(=O)NC2CCN(Cc3ccccc3)CC2)c(=O)oc2cc(O)c(Cl)cc12. The van der Waals surface area contributed by atoms with Crippen LogP contribution in [0.2, 0.25) is 5.02 Å². The molecule has 4 rings (SSSR count). The van der Waals surface area contributed by atoms with E-state index in [-0.39, 0.29) is 34.7 Å². The fourth-order valence-electron chi connectivity index (χ4n) is 4.12. The van der Waals surface area contributed by atoms with E-state index in [9.17, 15) is 14.7 Å². The van der Waals surface area contributed by atoms with Crippen molar-refractivity contribution in [3.63, 3.8) is 0 Å². The van der Waals surface area contributed by atoms with Gasteiger partial charge in [0.1, 0.15) is 11.3 Å². The molecule has 1 aliphatic rings. The van der Waals surface area contributed by atoms with Crippen LogP contribution in [0.5, 0.6) is 5.75 Å². The lowest BCUT2D eigenvalue weighted by atomic mass is 10.0. The minimum atomic E-state index is -0.570. The first kappa shape index (κ1) is 21.4. The molecular weight excluding hydrogens is 416 g/mol. The molecule has 0 aliphatic carbocycles. The number of carbonyl (C=O) groups excluding carboxylic acids is 1. The van der Waals surface area contributed by atoms with E-state index in [1.165, 1.54) is 11.6 Å². The van der Waals surface area contributed by atoms with Gasteiger partial charge in [-0.3, -0.25) is 9.69 Å². The van der Waals surface area contributed by atoms with Crippen LogP contribution < -0.4 is 10.9 Å². The molecule has 0 bridgehead atoms. The lowest BCUT2D eigenvalue weighted by Gasteiger charge is -2.32. The highest BCUT2D eigenvalue weighted by Crippen LogP contribution is 2.30. The first-order chi connectivity index (χ1) is 14.9. The Morgan fingerprint density at radius 2 is 1.94 bits per heavy atom. The maximum absolute atomic E-state index is 12.6. The van der Waals surface area contributed by atoms with Gasteiger partial charge in [-0.2, -0.15) is 0 Å². The Hall–Kier alpha value is -2.83. The van der Waals surface area contributed by atoms with E-state index < -0.39 is 5.63 Å². The summed E-state index contributed by atoms with van der Waals surface area (Å²) in [7, 11) is 0. The van der Waals surface area contributed by atoms with Gasteiger partial charge in [-0.15, -0.1) is 0 Å². The number of nitrogens with zero attached hydrogens (tertiary/aromatic N) is 1. The van der Waals surface area contributed by atoms with Crippen LogP contribution >= 0.6 is 11.6 Å². The molecule has 7 heteroatoms. The zero-order valence-corrected chi connectivity index (χ0v) is 18.1. The summed E-state index contributed by atoms with van der Waals surface area (Å²) in [6.07, 6.45) is 1.70. The van der Waals surface area contributed by atoms with Crippen molar-refractivity contribution in [3.8, 4) is 5.75 Å². The second-order valence-electron chi connectivity index (χ2n) is 8.07. The van der Waals surface area contributed by atoms with Crippen molar-refractivity contribution in [2.45, 2.75) is 38.8 Å². The third-order valence-corrected chi connectivity index (χ3v) is 6.20. The predicted molar refractivity (Wildman–Crippen MR) is 120 cm³/mol. The molecule has 0 unspecified atom stereocenters. The maximum Gasteiger partial charge on any atom is 0.340 e. The van der Waals surface area contributed by atoms with Crippen LogP contribution in [-0.2, 0) is 17.8 Å². The van der Waals surface area contributed by atoms with Crippen molar-refractivity contribution < 1.29 is 14.3 Å². The van der Waals surface area contributed by atoms with E-state index in [0.717, 1.165) is 32.5 Å². The van der Waals surface area contributed by atoms with Crippen LogP contribution in [-0.4, -0.2) is 35.0 Å². The van der Waals surface area contributed by atoms with Gasteiger partial charge >= 0.3 is 5.63 Å². The number of aromatic hydroxyl groups is 1. The standard InChI is InChI=1S/C24H25ClN2O4/c1-15-18-11-20(25)21(28)13-22(18)31-24(30)19(15)12-23(29)26-17-7-9-27(10-8-17)14-16-5-3-2-4-6-16/h2-6,11,13,17,28H,7-10,12,14H2,1H3,(H,26,29). The molecule has 162 valence electrons. The smallest absolute Gasteiger partial charge is 0.340 e. The number of halogens is 1. The van der Waals surface area contributed by atoms with Crippen LogP contribution in [0.4, 0.5) is 0 Å². The Labute approximate surface area is 185 Å². The summed E-state index contributed by atoms with van der Waals surface area (Å²) in [6.45, 7) is 4.51. The largest absolute Gasteiger partial charge is 0.506 e. The normalized spacial score (nSPS) is 15.3. The van der Waals surface area contributed by atoms with Gasteiger partial charge in [0, 0.05) is 37.1 Å². The number of phenols is 1. The number of fused-ring (bicyclic) bond motifs is 1. The zero-order valence-electron chi connectivity index (χ0n) is 17.4. The summed E-state index contributed by atoms with van der Waals surface area (Å²) in [5.74, 6) is -0.345. The Balaban J connectivity index is 1.38. The first-order valence-electron chi connectivity index (χ1n) is 10.4. The number of rotatable bonds is 5. The molecule has 2 aromatic carbocycles. The van der Waals surface area contributed by atoms with E-state index in [2.05, 4.69) is 22.3 Å². The number of aryl methyl sites for hydroxylation is 1. The van der Waals surface area contributed by atoms with Crippen LogP contribution in [0, 0.1) is 6.92 Å². The van der Waals surface area contributed by atoms with Gasteiger partial charge in [0.25, 0.3) is 0 Å². The number of nitrogens with one attached hydrogen (secondary N) is 1. The molecule has 1 fully saturated rings. The van der Waals surface area contributed by atoms with Crippen molar-refractivity contribution in [1.82, 2.24) is 10.2 Å². The summed E-state index contributed by atoms with van der Waals surface area (Å²) in [5, 5.41) is 13.6. The van der Waals surface area contributed by atoms with Crippen LogP contribution in [0.3, 0.4) is 0 Å². The average molecular weight is 441 g/mol. The molecule has 1 aromatic heterocycles. The third-order valence-electron chi connectivity index (χ3n) is 5.89. The summed E-state index contributed by atoms with van der Waals surface area (Å²) in [4.78, 5) is 27.5. The number of likely N-dealkylation sites (tertiary alicyclic amines) is 1. The summed E-state index contributed by atoms with van der Waals surface area (Å²) in [5.41, 5.74) is 1.92. The van der Waals surface area contributed by atoms with E-state index in [0.29, 0.717) is 16.5 Å². The Kier molecular flexibility index (Phi) is 6.30. The first-order valence-corrected chi connectivity index (χ1v) is 10.8. The van der Waals surface area contributed by atoms with E-state index >= 15 is 0 Å². The van der Waals surface area contributed by atoms with Gasteiger partial charge < -0.3 is 14.8 Å². The molecule has 31 heavy (non-hydrogen) atoms. The average Bonchev–Trinajstić information content (AvgIpc) is 2.75. The van der Waals surface area contributed by atoms with Gasteiger partial charge in [0.15, 0.2) is 0 Å². The molecule has 0 spiro atoms. The molecule has 6 nitrogen and oxygen atoms in total. The third kappa shape index (κ3) is 4.92. The number of amides is 1. The highest BCUT2D eigenvalue weighted by atomic mass is 35.5. The molecular formula is C24H25ClN2O4. The number of benzene rings is 2. The summed E-state index contributed by atoms with van der Waals surface area (Å²) < 4.78 is 5.31. The second kappa shape index (κ2) is 9.12. The van der Waals surface area contributed by atoms with Crippen molar-refractivity contribution in [2.75, 3.05) is 13.1 Å².